The Labute approximate surface area is 105 Å². The molecule has 0 fully saturated rings. The number of carbonyl (C=O) groups is 2. The minimum atomic E-state index is -1.67. The summed E-state index contributed by atoms with van der Waals surface area (Å²) >= 11 is 0. The normalized spacial score (nSPS) is 15.0. The molecule has 6 N–H and O–H groups in total. The van der Waals surface area contributed by atoms with Gasteiger partial charge in [0, 0.05) is 6.92 Å². The van der Waals surface area contributed by atoms with Crippen LogP contribution in [0.4, 0.5) is 0 Å². The molecule has 0 aromatic carbocycles. The number of likely N-dealkylation sites (N-methyl/N-ethyl adjacent to an activating group) is 1. The summed E-state index contributed by atoms with van der Waals surface area (Å²) in [7, 11) is 0. The van der Waals surface area contributed by atoms with Crippen LogP contribution in [-0.4, -0.2) is 75.3 Å². The van der Waals surface area contributed by atoms with Gasteiger partial charge in [0.15, 0.2) is 5.78 Å². The van der Waals surface area contributed by atoms with Crippen LogP contribution in [0.1, 0.15) is 13.8 Å². The van der Waals surface area contributed by atoms with Crippen LogP contribution in [0, 0.1) is 0 Å². The smallest absolute Gasteiger partial charge is 0.300 e. The van der Waals surface area contributed by atoms with Crippen molar-refractivity contribution in [3.8, 4) is 0 Å². The monoisotopic (exact) mass is 267 g/mol. The van der Waals surface area contributed by atoms with E-state index in [1.54, 1.807) is 6.92 Å². The number of rotatable bonds is 7. The van der Waals surface area contributed by atoms with Crippen molar-refractivity contribution in [1.82, 2.24) is 5.32 Å². The summed E-state index contributed by atoms with van der Waals surface area (Å²) in [5.74, 6) is -1.45. The van der Waals surface area contributed by atoms with E-state index in [0.717, 1.165) is 6.92 Å². The van der Waals surface area contributed by atoms with E-state index in [2.05, 4.69) is 5.32 Å². The van der Waals surface area contributed by atoms with Gasteiger partial charge in [-0.25, -0.2) is 0 Å². The van der Waals surface area contributed by atoms with Crippen molar-refractivity contribution in [2.45, 2.75) is 32.2 Å². The highest BCUT2D eigenvalue weighted by molar-refractivity contribution is 5.85. The number of aliphatic hydroxyl groups excluding tert-OH is 4. The molecule has 3 atom stereocenters. The topological polar surface area (TPSA) is 147 Å². The molecule has 0 aromatic heterocycles. The Hall–Kier alpha value is -1.06. The average Bonchev–Trinajstić information content (AvgIpc) is 2.32. The Morgan fingerprint density at radius 1 is 1.22 bits per heavy atom. The summed E-state index contributed by atoms with van der Waals surface area (Å²) in [5, 5.41) is 45.8. The van der Waals surface area contributed by atoms with Gasteiger partial charge in [0.25, 0.3) is 5.97 Å². The number of nitrogens with one attached hydrogen (secondary N) is 1. The number of hydrogen-bond acceptors (Lipinski definition) is 7. The quantitative estimate of drug-likeness (QED) is 0.293. The van der Waals surface area contributed by atoms with Crippen LogP contribution in [0.3, 0.4) is 0 Å². The molecule has 0 bridgehead atoms. The number of Topliss-reactive ketones (excluding diaryl/α,β-unsaturated/α-hetero) is 1. The Kier molecular flexibility index (Phi) is 11.8. The third-order valence-electron chi connectivity index (χ3n) is 1.78. The van der Waals surface area contributed by atoms with Crippen LogP contribution in [0.15, 0.2) is 0 Å². The van der Waals surface area contributed by atoms with Crippen molar-refractivity contribution in [3.05, 3.63) is 0 Å². The third-order valence-corrected chi connectivity index (χ3v) is 1.78. The lowest BCUT2D eigenvalue weighted by atomic mass is 10.0. The van der Waals surface area contributed by atoms with Crippen molar-refractivity contribution in [2.24, 2.45) is 0 Å². The fraction of sp³-hybridized carbons (Fsp3) is 0.800. The number of aliphatic hydroxyl groups is 4. The van der Waals surface area contributed by atoms with Crippen molar-refractivity contribution < 1.29 is 35.1 Å². The summed E-state index contributed by atoms with van der Waals surface area (Å²) in [6, 6.07) is 0. The molecule has 8 nitrogen and oxygen atoms in total. The van der Waals surface area contributed by atoms with Gasteiger partial charge >= 0.3 is 0 Å². The second kappa shape index (κ2) is 11.1. The van der Waals surface area contributed by atoms with Crippen LogP contribution in [0.5, 0.6) is 0 Å². The standard InChI is InChI=1S/C8H17NO5.C2H4O2/c1-2-9-3-5(11)7(13)8(14)6(12)4-10;1-2(3)4/h6-10,12-14H,2-4H2,1H3;1H3,(H,3,4)/t6-,7-,8-;/m1./s1. The number of carboxylic acid groups (broad SMARTS) is 1. The highest BCUT2D eigenvalue weighted by atomic mass is 16.4. The molecule has 0 aliphatic rings. The molecule has 0 spiro atoms. The van der Waals surface area contributed by atoms with E-state index in [9.17, 15) is 9.90 Å². The maximum atomic E-state index is 11.1. The zero-order chi connectivity index (χ0) is 14.7. The van der Waals surface area contributed by atoms with Gasteiger partial charge in [0.1, 0.15) is 18.3 Å². The second-order valence-electron chi connectivity index (χ2n) is 3.45. The fourth-order valence-corrected chi connectivity index (χ4v) is 0.862. The lowest BCUT2D eigenvalue weighted by Crippen LogP contribution is -2.46. The molecule has 0 aliphatic carbocycles. The van der Waals surface area contributed by atoms with Gasteiger partial charge in [-0.3, -0.25) is 9.59 Å². The Balaban J connectivity index is 0. The van der Waals surface area contributed by atoms with Gasteiger partial charge in [-0.1, -0.05) is 6.92 Å². The Bertz CT molecular complexity index is 242. The molecule has 18 heavy (non-hydrogen) atoms. The van der Waals surface area contributed by atoms with Crippen LogP contribution < -0.4 is 5.32 Å². The van der Waals surface area contributed by atoms with Crippen LogP contribution in [-0.2, 0) is 9.59 Å². The molecule has 0 aliphatic heterocycles. The van der Waals surface area contributed by atoms with Gasteiger partial charge in [-0.15, -0.1) is 0 Å². The molecule has 0 saturated carbocycles. The van der Waals surface area contributed by atoms with Gasteiger partial charge in [0.2, 0.25) is 0 Å². The average molecular weight is 267 g/mol. The Morgan fingerprint density at radius 3 is 2.00 bits per heavy atom. The van der Waals surface area contributed by atoms with E-state index in [1.807, 2.05) is 0 Å². The summed E-state index contributed by atoms with van der Waals surface area (Å²) < 4.78 is 0. The van der Waals surface area contributed by atoms with Gasteiger partial charge in [-0.2, -0.15) is 0 Å². The van der Waals surface area contributed by atoms with E-state index in [4.69, 9.17) is 25.2 Å². The van der Waals surface area contributed by atoms with Gasteiger partial charge in [-0.05, 0) is 6.54 Å². The number of hydrogen-bond donors (Lipinski definition) is 6. The highest BCUT2D eigenvalue weighted by Gasteiger charge is 2.29. The molecule has 0 amide bonds. The maximum Gasteiger partial charge on any atom is 0.300 e. The molecule has 0 saturated heterocycles. The molecule has 108 valence electrons. The highest BCUT2D eigenvalue weighted by Crippen LogP contribution is 2.00. The lowest BCUT2D eigenvalue weighted by molar-refractivity contribution is -0.139. The van der Waals surface area contributed by atoms with Crippen LogP contribution in [0.2, 0.25) is 0 Å². The maximum absolute atomic E-state index is 11.1. The Morgan fingerprint density at radius 2 is 1.67 bits per heavy atom. The molecule has 0 radical (unpaired) electrons. The number of carboxylic acids is 1. The first kappa shape index (κ1) is 19.3. The minimum Gasteiger partial charge on any atom is -0.481 e. The van der Waals surface area contributed by atoms with Crippen molar-refractivity contribution in [3.63, 3.8) is 0 Å². The second-order valence-corrected chi connectivity index (χ2v) is 3.45. The zero-order valence-corrected chi connectivity index (χ0v) is 10.4. The van der Waals surface area contributed by atoms with Crippen molar-refractivity contribution in [1.29, 1.82) is 0 Å². The van der Waals surface area contributed by atoms with Crippen molar-refractivity contribution >= 4 is 11.8 Å². The molecular weight excluding hydrogens is 246 g/mol. The first-order valence-corrected chi connectivity index (χ1v) is 5.35. The molecule has 0 aromatic rings. The first-order valence-electron chi connectivity index (χ1n) is 5.35. The van der Waals surface area contributed by atoms with E-state index in [0.29, 0.717) is 6.54 Å². The summed E-state index contributed by atoms with van der Waals surface area (Å²) in [5.41, 5.74) is 0. The SMILES string of the molecule is CC(=O)O.CCNCC(=O)[C@@H](O)[C@H](O)[C@H](O)CO. The third kappa shape index (κ3) is 10.1. The number of ketones is 1. The van der Waals surface area contributed by atoms with Crippen molar-refractivity contribution in [2.75, 3.05) is 19.7 Å². The fourth-order valence-electron chi connectivity index (χ4n) is 0.862. The molecular formula is C10H21NO7. The summed E-state index contributed by atoms with van der Waals surface area (Å²) in [4.78, 5) is 20.1. The molecule has 0 heterocycles. The van der Waals surface area contributed by atoms with E-state index < -0.39 is 36.7 Å². The summed E-state index contributed by atoms with van der Waals surface area (Å²) in [6.07, 6.45) is -4.82. The molecule has 0 rings (SSSR count). The number of carbonyl (C=O) groups excluding carboxylic acids is 1. The summed E-state index contributed by atoms with van der Waals surface area (Å²) in [6.45, 7) is 2.66. The molecule has 0 unspecified atom stereocenters. The minimum absolute atomic E-state index is 0.0765. The predicted molar refractivity (Wildman–Crippen MR) is 62.0 cm³/mol. The van der Waals surface area contributed by atoms with E-state index in [1.165, 1.54) is 0 Å². The van der Waals surface area contributed by atoms with E-state index >= 15 is 0 Å². The first-order chi connectivity index (χ1) is 8.27. The van der Waals surface area contributed by atoms with E-state index in [-0.39, 0.29) is 6.54 Å². The zero-order valence-electron chi connectivity index (χ0n) is 10.4. The predicted octanol–water partition coefficient (Wildman–Crippen LogP) is -2.67. The lowest BCUT2D eigenvalue weighted by Gasteiger charge is -2.20. The van der Waals surface area contributed by atoms with Gasteiger partial charge < -0.3 is 30.8 Å². The number of aliphatic carboxylic acids is 1. The van der Waals surface area contributed by atoms with Crippen LogP contribution >= 0.6 is 0 Å². The largest absolute Gasteiger partial charge is 0.481 e. The van der Waals surface area contributed by atoms with Crippen LogP contribution in [0.25, 0.3) is 0 Å². The molecule has 8 heteroatoms. The van der Waals surface area contributed by atoms with Gasteiger partial charge in [0.05, 0.1) is 13.2 Å².